The van der Waals surface area contributed by atoms with Crippen LogP contribution in [-0.2, 0) is 0 Å². The topological polar surface area (TPSA) is 26.0 Å². The molecule has 0 amide bonds. The molecule has 0 bridgehead atoms. The zero-order valence-corrected chi connectivity index (χ0v) is 4.63. The highest BCUT2D eigenvalue weighted by atomic mass is 35.5. The predicted molar refractivity (Wildman–Crippen MR) is 28.8 cm³/mol. The van der Waals surface area contributed by atoms with Crippen LogP contribution in [0.15, 0.2) is 12.3 Å². The maximum Gasteiger partial charge on any atom is 0.146 e. The first kappa shape index (κ1) is 6.12. The summed E-state index contributed by atoms with van der Waals surface area (Å²) in [6.07, 6.45) is 0. The molecular weight excluding hydrogens is 121 g/mol. The van der Waals surface area contributed by atoms with Crippen molar-refractivity contribution in [2.75, 3.05) is 0 Å². The highest BCUT2D eigenvalue weighted by Crippen LogP contribution is 2.05. The molecule has 6 heavy (non-hydrogen) atoms. The molecule has 0 heterocycles. The molecule has 0 saturated carbocycles. The van der Waals surface area contributed by atoms with E-state index in [9.17, 15) is 0 Å². The largest absolute Gasteiger partial charge is 0.400 e. The molecule has 0 saturated heterocycles. The molecule has 0 aliphatic carbocycles. The van der Waals surface area contributed by atoms with Crippen LogP contribution in [0.3, 0.4) is 0 Å². The van der Waals surface area contributed by atoms with Gasteiger partial charge in [-0.3, -0.25) is 0 Å². The number of hydrogen-bond acceptors (Lipinski definition) is 1. The second kappa shape index (κ2) is 2.32. The third kappa shape index (κ3) is 2.36. The predicted octanol–water partition coefficient (Wildman–Crippen LogP) is 1.26. The summed E-state index contributed by atoms with van der Waals surface area (Å²) in [4.78, 5) is -0.620. The Kier molecular flexibility index (Phi) is 2.37. The standard InChI is InChI=1S/C3H5Cl2N/c1-2(6)3(4)5/h3H,1,6H2. The number of allylic oxidation sites excluding steroid dienone is 1. The zero-order chi connectivity index (χ0) is 5.15. The van der Waals surface area contributed by atoms with Crippen LogP contribution in [-0.4, -0.2) is 4.84 Å². The second-order valence-electron chi connectivity index (χ2n) is 0.876. The molecule has 0 aromatic heterocycles. The smallest absolute Gasteiger partial charge is 0.146 e. The first-order valence-electron chi connectivity index (χ1n) is 1.37. The molecule has 0 rings (SSSR count). The molecule has 0 aromatic rings. The summed E-state index contributed by atoms with van der Waals surface area (Å²) in [5, 5.41) is 0. The molecule has 1 nitrogen and oxygen atoms in total. The van der Waals surface area contributed by atoms with Crippen molar-refractivity contribution in [2.45, 2.75) is 4.84 Å². The van der Waals surface area contributed by atoms with E-state index in [1.807, 2.05) is 0 Å². The SMILES string of the molecule is C=C(N)C(Cl)Cl. The molecule has 0 spiro atoms. The maximum absolute atomic E-state index is 5.15. The third-order valence-electron chi connectivity index (χ3n) is 0.280. The van der Waals surface area contributed by atoms with E-state index in [2.05, 4.69) is 6.58 Å². The Morgan fingerprint density at radius 1 is 1.67 bits per heavy atom. The van der Waals surface area contributed by atoms with E-state index in [0.29, 0.717) is 5.70 Å². The van der Waals surface area contributed by atoms with Gasteiger partial charge in [0.1, 0.15) is 4.84 Å². The Morgan fingerprint density at radius 2 is 1.83 bits per heavy atom. The summed E-state index contributed by atoms with van der Waals surface area (Å²) in [6, 6.07) is 0. The van der Waals surface area contributed by atoms with Crippen molar-refractivity contribution in [3.8, 4) is 0 Å². The summed E-state index contributed by atoms with van der Waals surface area (Å²) in [6.45, 7) is 3.27. The summed E-state index contributed by atoms with van der Waals surface area (Å²) >= 11 is 10.3. The number of hydrogen-bond donors (Lipinski definition) is 1. The van der Waals surface area contributed by atoms with Crippen LogP contribution in [0, 0.1) is 0 Å². The minimum absolute atomic E-state index is 0.290. The molecular formula is C3H5Cl2N. The molecule has 0 radical (unpaired) electrons. The Labute approximate surface area is 46.7 Å². The molecule has 3 heteroatoms. The van der Waals surface area contributed by atoms with Crippen molar-refractivity contribution < 1.29 is 0 Å². The van der Waals surface area contributed by atoms with Gasteiger partial charge < -0.3 is 5.73 Å². The summed E-state index contributed by atoms with van der Waals surface area (Å²) in [5.74, 6) is 0. The molecule has 0 aliphatic rings. The molecule has 0 aliphatic heterocycles. The second-order valence-corrected chi connectivity index (χ2v) is 1.97. The normalized spacial score (nSPS) is 9.17. The van der Waals surface area contributed by atoms with Crippen molar-refractivity contribution in [1.29, 1.82) is 0 Å². The van der Waals surface area contributed by atoms with Crippen molar-refractivity contribution in [2.24, 2.45) is 5.73 Å². The average molecular weight is 126 g/mol. The molecule has 0 aromatic carbocycles. The molecule has 0 fully saturated rings. The highest BCUT2D eigenvalue weighted by Gasteiger charge is 1.94. The van der Waals surface area contributed by atoms with E-state index in [1.165, 1.54) is 0 Å². The van der Waals surface area contributed by atoms with Gasteiger partial charge in [0.15, 0.2) is 0 Å². The average Bonchev–Trinajstić information content (AvgIpc) is 1.36. The zero-order valence-electron chi connectivity index (χ0n) is 3.12. The van der Waals surface area contributed by atoms with E-state index in [-0.39, 0.29) is 0 Å². The van der Waals surface area contributed by atoms with Gasteiger partial charge in [-0.25, -0.2) is 0 Å². The summed E-state index contributed by atoms with van der Waals surface area (Å²) in [7, 11) is 0. The van der Waals surface area contributed by atoms with Gasteiger partial charge >= 0.3 is 0 Å². The van der Waals surface area contributed by atoms with Gasteiger partial charge in [0.2, 0.25) is 0 Å². The highest BCUT2D eigenvalue weighted by molar-refractivity contribution is 6.46. The minimum atomic E-state index is -0.620. The molecule has 2 N–H and O–H groups in total. The molecule has 36 valence electrons. The van der Waals surface area contributed by atoms with Crippen LogP contribution in [0.2, 0.25) is 0 Å². The number of alkyl halides is 2. The Hall–Kier alpha value is 0.120. The quantitative estimate of drug-likeness (QED) is 0.526. The van der Waals surface area contributed by atoms with Crippen LogP contribution in [0.25, 0.3) is 0 Å². The lowest BCUT2D eigenvalue weighted by Crippen LogP contribution is -2.01. The van der Waals surface area contributed by atoms with Crippen molar-refractivity contribution in [3.63, 3.8) is 0 Å². The number of nitrogens with two attached hydrogens (primary N) is 1. The summed E-state index contributed by atoms with van der Waals surface area (Å²) < 4.78 is 0. The fraction of sp³-hybridized carbons (Fsp3) is 0.333. The van der Waals surface area contributed by atoms with E-state index in [4.69, 9.17) is 28.9 Å². The Bertz CT molecular complexity index is 59.8. The van der Waals surface area contributed by atoms with Crippen LogP contribution in [0.1, 0.15) is 0 Å². The van der Waals surface area contributed by atoms with Gasteiger partial charge in [0.25, 0.3) is 0 Å². The monoisotopic (exact) mass is 125 g/mol. The van der Waals surface area contributed by atoms with Gasteiger partial charge in [0, 0.05) is 5.70 Å². The van der Waals surface area contributed by atoms with E-state index in [1.54, 1.807) is 0 Å². The van der Waals surface area contributed by atoms with Crippen LogP contribution in [0.5, 0.6) is 0 Å². The van der Waals surface area contributed by atoms with Crippen molar-refractivity contribution in [3.05, 3.63) is 12.3 Å². The van der Waals surface area contributed by atoms with Crippen LogP contribution >= 0.6 is 23.2 Å². The van der Waals surface area contributed by atoms with Gasteiger partial charge in [-0.1, -0.05) is 29.8 Å². The Balaban J connectivity index is 3.26. The third-order valence-corrected chi connectivity index (χ3v) is 0.841. The lowest BCUT2D eigenvalue weighted by atomic mass is 10.6. The fourth-order valence-electron chi connectivity index (χ4n) is 0. The molecule has 0 atom stereocenters. The van der Waals surface area contributed by atoms with Crippen molar-refractivity contribution in [1.82, 2.24) is 0 Å². The van der Waals surface area contributed by atoms with Gasteiger partial charge in [-0.2, -0.15) is 0 Å². The maximum atomic E-state index is 5.15. The first-order chi connectivity index (χ1) is 2.64. The minimum Gasteiger partial charge on any atom is -0.400 e. The lowest BCUT2D eigenvalue weighted by Gasteiger charge is -1.92. The number of rotatable bonds is 1. The molecule has 0 unspecified atom stereocenters. The lowest BCUT2D eigenvalue weighted by molar-refractivity contribution is 1.28. The summed E-state index contributed by atoms with van der Waals surface area (Å²) in [5.41, 5.74) is 5.27. The van der Waals surface area contributed by atoms with Crippen LogP contribution < -0.4 is 5.73 Å². The van der Waals surface area contributed by atoms with E-state index >= 15 is 0 Å². The fourth-order valence-corrected chi connectivity index (χ4v) is 0. The van der Waals surface area contributed by atoms with E-state index in [0.717, 1.165) is 0 Å². The van der Waals surface area contributed by atoms with Gasteiger partial charge in [0.05, 0.1) is 0 Å². The number of halogens is 2. The van der Waals surface area contributed by atoms with Crippen LogP contribution in [0.4, 0.5) is 0 Å². The van der Waals surface area contributed by atoms with Gasteiger partial charge in [-0.05, 0) is 0 Å². The Morgan fingerprint density at radius 3 is 1.83 bits per heavy atom. The van der Waals surface area contributed by atoms with Gasteiger partial charge in [-0.15, -0.1) is 0 Å². The van der Waals surface area contributed by atoms with Crippen molar-refractivity contribution >= 4 is 23.2 Å². The van der Waals surface area contributed by atoms with E-state index < -0.39 is 4.84 Å². The first-order valence-corrected chi connectivity index (χ1v) is 2.24.